The van der Waals surface area contributed by atoms with E-state index in [9.17, 15) is 0 Å². The Morgan fingerprint density at radius 1 is 1.35 bits per heavy atom. The molecular formula is C14H17Cl2N3O. The molecule has 1 N–H and O–H groups in total. The van der Waals surface area contributed by atoms with E-state index < -0.39 is 0 Å². The lowest BCUT2D eigenvalue weighted by atomic mass is 9.90. The van der Waals surface area contributed by atoms with Crippen LogP contribution in [0.4, 0.5) is 0 Å². The summed E-state index contributed by atoms with van der Waals surface area (Å²) in [7, 11) is 0. The van der Waals surface area contributed by atoms with Crippen LogP contribution in [0.25, 0.3) is 0 Å². The Labute approximate surface area is 129 Å². The van der Waals surface area contributed by atoms with Crippen LogP contribution in [0.15, 0.2) is 28.8 Å². The maximum absolute atomic E-state index is 5.87. The Morgan fingerprint density at radius 3 is 2.75 bits per heavy atom. The summed E-state index contributed by atoms with van der Waals surface area (Å²) >= 11 is 5.87. The molecule has 108 valence electrons. The van der Waals surface area contributed by atoms with Gasteiger partial charge in [-0.1, -0.05) is 28.9 Å². The molecule has 1 fully saturated rings. The van der Waals surface area contributed by atoms with Crippen LogP contribution < -0.4 is 5.32 Å². The first-order valence-corrected chi connectivity index (χ1v) is 6.82. The standard InChI is InChI=1S/C14H16ClN3O.ClH/c1-14(6-7-16-9-14)13-17-12(18-19-13)8-10-2-4-11(15)5-3-10;/h2-5,16H,6-9H2,1H3;1H. The summed E-state index contributed by atoms with van der Waals surface area (Å²) in [6, 6.07) is 7.72. The highest BCUT2D eigenvalue weighted by Crippen LogP contribution is 2.28. The lowest BCUT2D eigenvalue weighted by Crippen LogP contribution is -2.25. The summed E-state index contributed by atoms with van der Waals surface area (Å²) in [5.74, 6) is 1.46. The molecule has 1 aromatic carbocycles. The van der Waals surface area contributed by atoms with Gasteiger partial charge < -0.3 is 9.84 Å². The zero-order chi connectivity index (χ0) is 13.3. The largest absolute Gasteiger partial charge is 0.339 e. The minimum Gasteiger partial charge on any atom is -0.339 e. The second-order valence-corrected chi connectivity index (χ2v) is 5.74. The van der Waals surface area contributed by atoms with Gasteiger partial charge in [-0.05, 0) is 37.6 Å². The van der Waals surface area contributed by atoms with Crippen LogP contribution in [0.1, 0.15) is 30.6 Å². The minimum absolute atomic E-state index is 0. The van der Waals surface area contributed by atoms with Gasteiger partial charge in [0.2, 0.25) is 5.89 Å². The van der Waals surface area contributed by atoms with Crippen molar-refractivity contribution in [2.75, 3.05) is 13.1 Å². The van der Waals surface area contributed by atoms with Crippen molar-refractivity contribution in [2.24, 2.45) is 0 Å². The predicted molar refractivity (Wildman–Crippen MR) is 80.6 cm³/mol. The lowest BCUT2D eigenvalue weighted by Gasteiger charge is -2.15. The van der Waals surface area contributed by atoms with Gasteiger partial charge in [-0.25, -0.2) is 0 Å². The molecule has 1 saturated heterocycles. The van der Waals surface area contributed by atoms with E-state index in [1.54, 1.807) is 0 Å². The molecule has 1 atom stereocenters. The first-order valence-electron chi connectivity index (χ1n) is 6.44. The number of aromatic nitrogens is 2. The second-order valence-electron chi connectivity index (χ2n) is 5.31. The molecule has 3 rings (SSSR count). The molecule has 6 heteroatoms. The fourth-order valence-corrected chi connectivity index (χ4v) is 2.48. The van der Waals surface area contributed by atoms with Crippen molar-refractivity contribution in [3.63, 3.8) is 0 Å². The molecule has 1 aliphatic heterocycles. The minimum atomic E-state index is -0.0226. The van der Waals surface area contributed by atoms with Crippen LogP contribution in [-0.2, 0) is 11.8 Å². The summed E-state index contributed by atoms with van der Waals surface area (Å²) in [6.07, 6.45) is 1.71. The van der Waals surface area contributed by atoms with Gasteiger partial charge >= 0.3 is 0 Å². The predicted octanol–water partition coefficient (Wildman–Crippen LogP) is 2.99. The molecule has 0 aliphatic carbocycles. The van der Waals surface area contributed by atoms with E-state index in [-0.39, 0.29) is 17.8 Å². The molecule has 0 amide bonds. The average molecular weight is 314 g/mol. The van der Waals surface area contributed by atoms with Gasteiger partial charge in [-0.2, -0.15) is 4.98 Å². The molecule has 1 aliphatic rings. The molecule has 0 bridgehead atoms. The van der Waals surface area contributed by atoms with Crippen molar-refractivity contribution in [2.45, 2.75) is 25.2 Å². The van der Waals surface area contributed by atoms with Gasteiger partial charge in [0.1, 0.15) is 0 Å². The van der Waals surface area contributed by atoms with E-state index in [0.29, 0.717) is 6.42 Å². The third-order valence-corrected chi connectivity index (χ3v) is 3.88. The van der Waals surface area contributed by atoms with Crippen molar-refractivity contribution in [3.05, 3.63) is 46.6 Å². The molecular weight excluding hydrogens is 297 g/mol. The van der Waals surface area contributed by atoms with Gasteiger partial charge in [0.15, 0.2) is 5.82 Å². The number of nitrogens with one attached hydrogen (secondary N) is 1. The van der Waals surface area contributed by atoms with Crippen LogP contribution in [0.5, 0.6) is 0 Å². The Morgan fingerprint density at radius 2 is 2.10 bits per heavy atom. The highest BCUT2D eigenvalue weighted by Gasteiger charge is 2.36. The maximum Gasteiger partial charge on any atom is 0.233 e. The third-order valence-electron chi connectivity index (χ3n) is 3.63. The first kappa shape index (κ1) is 15.3. The summed E-state index contributed by atoms with van der Waals surface area (Å²) in [5, 5.41) is 8.15. The number of hydrogen-bond donors (Lipinski definition) is 1. The van der Waals surface area contributed by atoms with Gasteiger partial charge in [-0.3, -0.25) is 0 Å². The van der Waals surface area contributed by atoms with Crippen molar-refractivity contribution < 1.29 is 4.52 Å². The molecule has 0 spiro atoms. The molecule has 4 nitrogen and oxygen atoms in total. The summed E-state index contributed by atoms with van der Waals surface area (Å²) in [6.45, 7) is 4.06. The second kappa shape index (κ2) is 6.12. The van der Waals surface area contributed by atoms with E-state index in [1.807, 2.05) is 24.3 Å². The zero-order valence-corrected chi connectivity index (χ0v) is 12.8. The van der Waals surface area contributed by atoms with Crippen molar-refractivity contribution >= 4 is 24.0 Å². The van der Waals surface area contributed by atoms with Crippen LogP contribution in [0, 0.1) is 0 Å². The Hall–Kier alpha value is -1.10. The van der Waals surface area contributed by atoms with E-state index in [4.69, 9.17) is 16.1 Å². The van der Waals surface area contributed by atoms with E-state index in [0.717, 1.165) is 41.8 Å². The third kappa shape index (κ3) is 3.14. The van der Waals surface area contributed by atoms with Gasteiger partial charge in [0, 0.05) is 18.0 Å². The first-order chi connectivity index (χ1) is 9.16. The van der Waals surface area contributed by atoms with E-state index >= 15 is 0 Å². The van der Waals surface area contributed by atoms with E-state index in [1.165, 1.54) is 0 Å². The Bertz CT molecular complexity index is 562. The fraction of sp³-hybridized carbons (Fsp3) is 0.429. The molecule has 20 heavy (non-hydrogen) atoms. The Kier molecular flexibility index (Phi) is 4.68. The average Bonchev–Trinajstić information content (AvgIpc) is 3.02. The smallest absolute Gasteiger partial charge is 0.233 e. The van der Waals surface area contributed by atoms with Crippen LogP contribution in [0.3, 0.4) is 0 Å². The molecule has 1 aromatic heterocycles. The molecule has 1 unspecified atom stereocenters. The molecule has 2 heterocycles. The molecule has 0 radical (unpaired) electrons. The fourth-order valence-electron chi connectivity index (χ4n) is 2.36. The number of rotatable bonds is 3. The maximum atomic E-state index is 5.87. The quantitative estimate of drug-likeness (QED) is 0.946. The lowest BCUT2D eigenvalue weighted by molar-refractivity contribution is 0.304. The van der Waals surface area contributed by atoms with Crippen LogP contribution in [-0.4, -0.2) is 23.2 Å². The summed E-state index contributed by atoms with van der Waals surface area (Å²) in [4.78, 5) is 4.53. The number of hydrogen-bond acceptors (Lipinski definition) is 4. The highest BCUT2D eigenvalue weighted by atomic mass is 35.5. The summed E-state index contributed by atoms with van der Waals surface area (Å²) in [5.41, 5.74) is 1.11. The topological polar surface area (TPSA) is 51.0 Å². The van der Waals surface area contributed by atoms with Crippen molar-refractivity contribution in [3.8, 4) is 0 Å². The monoisotopic (exact) mass is 313 g/mol. The highest BCUT2D eigenvalue weighted by molar-refractivity contribution is 6.30. The van der Waals surface area contributed by atoms with Crippen molar-refractivity contribution in [1.29, 1.82) is 0 Å². The molecule has 0 saturated carbocycles. The van der Waals surface area contributed by atoms with Gasteiger partial charge in [-0.15, -0.1) is 12.4 Å². The van der Waals surface area contributed by atoms with E-state index in [2.05, 4.69) is 22.4 Å². The zero-order valence-electron chi connectivity index (χ0n) is 11.2. The van der Waals surface area contributed by atoms with Crippen LogP contribution >= 0.6 is 24.0 Å². The number of benzene rings is 1. The SMILES string of the molecule is CC1(c2nc(Cc3ccc(Cl)cc3)no2)CCNC1.Cl. The number of nitrogens with zero attached hydrogens (tertiary/aromatic N) is 2. The Balaban J connectivity index is 0.00000147. The van der Waals surface area contributed by atoms with Gasteiger partial charge in [0.25, 0.3) is 0 Å². The normalized spacial score (nSPS) is 21.7. The van der Waals surface area contributed by atoms with Crippen molar-refractivity contribution in [1.82, 2.24) is 15.5 Å². The molecule has 2 aromatic rings. The summed E-state index contributed by atoms with van der Waals surface area (Å²) < 4.78 is 5.42. The van der Waals surface area contributed by atoms with Crippen LogP contribution in [0.2, 0.25) is 5.02 Å². The van der Waals surface area contributed by atoms with Gasteiger partial charge in [0.05, 0.1) is 5.41 Å². The number of halogens is 2.